The molecule has 1 amide bonds. The van der Waals surface area contributed by atoms with E-state index in [-0.39, 0.29) is 31.2 Å². The Balaban J connectivity index is 1.51. The van der Waals surface area contributed by atoms with Gasteiger partial charge in [-0.25, -0.2) is 9.48 Å². The zero-order chi connectivity index (χ0) is 19.8. The number of carbonyl (C=O) groups excluding carboxylic acids is 2. The highest BCUT2D eigenvalue weighted by molar-refractivity contribution is 9.10. The third-order valence-corrected chi connectivity index (χ3v) is 4.05. The van der Waals surface area contributed by atoms with Crippen LogP contribution >= 0.6 is 15.9 Å². The molecule has 10 heteroatoms. The van der Waals surface area contributed by atoms with Gasteiger partial charge in [0, 0.05) is 4.47 Å². The van der Waals surface area contributed by atoms with Crippen LogP contribution in [0.4, 0.5) is 5.69 Å². The van der Waals surface area contributed by atoms with Gasteiger partial charge in [0.25, 0.3) is 0 Å². The Morgan fingerprint density at radius 2 is 1.86 bits per heavy atom. The molecule has 9 nitrogen and oxygen atoms in total. The van der Waals surface area contributed by atoms with E-state index in [1.165, 1.54) is 11.0 Å². The Bertz CT molecular complexity index is 931. The van der Waals surface area contributed by atoms with Crippen LogP contribution < -0.4 is 10.1 Å². The molecule has 0 unspecified atom stereocenters. The van der Waals surface area contributed by atoms with Gasteiger partial charge in [-0.15, -0.1) is 5.10 Å². The van der Waals surface area contributed by atoms with Crippen LogP contribution in [-0.4, -0.2) is 45.3 Å². The minimum atomic E-state index is -0.558. The largest absolute Gasteiger partial charge is 0.490 e. The number of para-hydroxylation sites is 1. The highest BCUT2D eigenvalue weighted by Crippen LogP contribution is 2.17. The number of hydrogen-bond acceptors (Lipinski definition) is 7. The smallest absolute Gasteiger partial charge is 0.340 e. The Hall–Kier alpha value is -3.27. The van der Waals surface area contributed by atoms with Gasteiger partial charge in [0.05, 0.1) is 11.3 Å². The number of nitrogens with zero attached hydrogens (tertiary/aromatic N) is 4. The molecule has 144 valence electrons. The van der Waals surface area contributed by atoms with Crippen molar-refractivity contribution >= 4 is 33.5 Å². The predicted octanol–water partition coefficient (Wildman–Crippen LogP) is 2.31. The predicted molar refractivity (Wildman–Crippen MR) is 103 cm³/mol. The van der Waals surface area contributed by atoms with Gasteiger partial charge in [-0.3, -0.25) is 4.79 Å². The van der Waals surface area contributed by atoms with Crippen molar-refractivity contribution in [2.24, 2.45) is 0 Å². The van der Waals surface area contributed by atoms with E-state index < -0.39 is 5.97 Å². The lowest BCUT2D eigenvalue weighted by Crippen LogP contribution is -2.21. The van der Waals surface area contributed by atoms with E-state index in [1.807, 2.05) is 12.1 Å². The average Bonchev–Trinajstić information content (AvgIpc) is 3.19. The molecule has 0 radical (unpaired) electrons. The molecule has 1 heterocycles. The van der Waals surface area contributed by atoms with Gasteiger partial charge in [0.1, 0.15) is 31.8 Å². The van der Waals surface area contributed by atoms with Crippen molar-refractivity contribution < 1.29 is 19.1 Å². The molecule has 2 aromatic carbocycles. The fraction of sp³-hybridized carbons (Fsp3) is 0.167. The fourth-order valence-corrected chi connectivity index (χ4v) is 2.53. The topological polar surface area (TPSA) is 108 Å². The van der Waals surface area contributed by atoms with Crippen molar-refractivity contribution in [2.75, 3.05) is 18.5 Å². The van der Waals surface area contributed by atoms with Crippen LogP contribution in [0.5, 0.6) is 5.75 Å². The average molecular weight is 446 g/mol. The van der Waals surface area contributed by atoms with E-state index in [0.717, 1.165) is 4.47 Å². The van der Waals surface area contributed by atoms with E-state index in [4.69, 9.17) is 9.47 Å². The lowest BCUT2D eigenvalue weighted by Gasteiger charge is -2.11. The Morgan fingerprint density at radius 1 is 1.07 bits per heavy atom. The standard InChI is InChI=1S/C18H16BrN5O4/c19-13-5-7-14(8-6-13)27-9-10-28-18(26)15-3-1-2-4-16(15)21-17(25)11-24-12-20-22-23-24/h1-8,12H,9-11H2,(H,21,25). The molecular formula is C18H16BrN5O4. The SMILES string of the molecule is O=C(Cn1cnnn1)Nc1ccccc1C(=O)OCCOc1ccc(Br)cc1. The fourth-order valence-electron chi connectivity index (χ4n) is 2.26. The molecule has 28 heavy (non-hydrogen) atoms. The number of aromatic nitrogens is 4. The van der Waals surface area contributed by atoms with Crippen LogP contribution in [0, 0.1) is 0 Å². The van der Waals surface area contributed by atoms with E-state index in [0.29, 0.717) is 11.4 Å². The zero-order valence-electron chi connectivity index (χ0n) is 14.6. The number of carbonyl (C=O) groups is 2. The molecule has 0 fully saturated rings. The number of rotatable bonds is 8. The molecule has 3 aromatic rings. The summed E-state index contributed by atoms with van der Waals surface area (Å²) in [6, 6.07) is 13.9. The lowest BCUT2D eigenvalue weighted by molar-refractivity contribution is -0.116. The first-order valence-electron chi connectivity index (χ1n) is 8.27. The molecule has 0 bridgehead atoms. The van der Waals surface area contributed by atoms with E-state index in [9.17, 15) is 9.59 Å². The van der Waals surface area contributed by atoms with E-state index in [1.54, 1.807) is 36.4 Å². The summed E-state index contributed by atoms with van der Waals surface area (Å²) in [7, 11) is 0. The van der Waals surface area contributed by atoms with Gasteiger partial charge in [-0.2, -0.15) is 0 Å². The minimum absolute atomic E-state index is 0.0712. The highest BCUT2D eigenvalue weighted by Gasteiger charge is 2.15. The van der Waals surface area contributed by atoms with Crippen LogP contribution in [-0.2, 0) is 16.1 Å². The summed E-state index contributed by atoms with van der Waals surface area (Å²) in [5, 5.41) is 13.2. The maximum Gasteiger partial charge on any atom is 0.340 e. The second-order valence-electron chi connectivity index (χ2n) is 5.54. The Labute approximate surface area is 168 Å². The van der Waals surface area contributed by atoms with Crippen molar-refractivity contribution in [1.82, 2.24) is 20.2 Å². The monoisotopic (exact) mass is 445 g/mol. The number of tetrazole rings is 1. The normalized spacial score (nSPS) is 10.3. The number of ether oxygens (including phenoxy) is 2. The number of halogens is 1. The van der Waals surface area contributed by atoms with Gasteiger partial charge < -0.3 is 14.8 Å². The van der Waals surface area contributed by atoms with Crippen molar-refractivity contribution in [3.05, 3.63) is 64.9 Å². The maximum absolute atomic E-state index is 12.3. The van der Waals surface area contributed by atoms with E-state index in [2.05, 4.69) is 36.8 Å². The Morgan fingerprint density at radius 3 is 2.61 bits per heavy atom. The molecule has 1 aromatic heterocycles. The summed E-state index contributed by atoms with van der Waals surface area (Å²) in [5.74, 6) is -0.252. The van der Waals surface area contributed by atoms with Crippen molar-refractivity contribution in [3.63, 3.8) is 0 Å². The van der Waals surface area contributed by atoms with Gasteiger partial charge in [-0.05, 0) is 46.8 Å². The number of benzene rings is 2. The summed E-state index contributed by atoms with van der Waals surface area (Å²) in [4.78, 5) is 24.4. The number of esters is 1. The van der Waals surface area contributed by atoms with Crippen LogP contribution in [0.25, 0.3) is 0 Å². The van der Waals surface area contributed by atoms with Gasteiger partial charge in [0.15, 0.2) is 0 Å². The molecule has 0 saturated carbocycles. The van der Waals surface area contributed by atoms with Crippen LogP contribution in [0.15, 0.2) is 59.3 Å². The molecule has 0 atom stereocenters. The number of hydrogen-bond donors (Lipinski definition) is 1. The molecule has 0 aliphatic rings. The second kappa shape index (κ2) is 9.60. The zero-order valence-corrected chi connectivity index (χ0v) is 16.2. The number of amides is 1. The van der Waals surface area contributed by atoms with Crippen molar-refractivity contribution in [1.29, 1.82) is 0 Å². The molecule has 1 N–H and O–H groups in total. The second-order valence-corrected chi connectivity index (χ2v) is 6.46. The first kappa shape index (κ1) is 19.5. The lowest BCUT2D eigenvalue weighted by atomic mass is 10.2. The van der Waals surface area contributed by atoms with Crippen molar-refractivity contribution in [3.8, 4) is 5.75 Å². The van der Waals surface area contributed by atoms with Crippen LogP contribution in [0.3, 0.4) is 0 Å². The van der Waals surface area contributed by atoms with Crippen molar-refractivity contribution in [2.45, 2.75) is 6.54 Å². The summed E-state index contributed by atoms with van der Waals surface area (Å²) < 4.78 is 13.0. The van der Waals surface area contributed by atoms with E-state index >= 15 is 0 Å². The third-order valence-electron chi connectivity index (χ3n) is 3.52. The molecular weight excluding hydrogens is 430 g/mol. The van der Waals surface area contributed by atoms with Crippen LogP contribution in [0.1, 0.15) is 10.4 Å². The summed E-state index contributed by atoms with van der Waals surface area (Å²) in [6.07, 6.45) is 1.32. The molecule has 0 aliphatic carbocycles. The molecule has 0 saturated heterocycles. The quantitative estimate of drug-likeness (QED) is 0.418. The number of anilines is 1. The Kier molecular flexibility index (Phi) is 6.68. The first-order chi connectivity index (χ1) is 13.6. The summed E-state index contributed by atoms with van der Waals surface area (Å²) in [5.41, 5.74) is 0.593. The molecule has 0 spiro atoms. The molecule has 3 rings (SSSR count). The highest BCUT2D eigenvalue weighted by atomic mass is 79.9. The summed E-state index contributed by atoms with van der Waals surface area (Å²) in [6.45, 7) is 0.209. The maximum atomic E-state index is 12.3. The summed E-state index contributed by atoms with van der Waals surface area (Å²) >= 11 is 3.35. The number of nitrogens with one attached hydrogen (secondary N) is 1. The van der Waals surface area contributed by atoms with Gasteiger partial charge >= 0.3 is 5.97 Å². The first-order valence-corrected chi connectivity index (χ1v) is 9.06. The molecule has 0 aliphatic heterocycles. The van der Waals surface area contributed by atoms with Gasteiger partial charge in [0.2, 0.25) is 5.91 Å². The van der Waals surface area contributed by atoms with Gasteiger partial charge in [-0.1, -0.05) is 28.1 Å². The minimum Gasteiger partial charge on any atom is -0.490 e. The van der Waals surface area contributed by atoms with Crippen LogP contribution in [0.2, 0.25) is 0 Å². The third kappa shape index (κ3) is 5.61.